The minimum absolute atomic E-state index is 0.0491. The molecule has 94 valence electrons. The third-order valence-electron chi connectivity index (χ3n) is 2.78. The highest BCUT2D eigenvalue weighted by molar-refractivity contribution is 7.86. The van der Waals surface area contributed by atoms with Crippen molar-refractivity contribution in [2.24, 2.45) is 0 Å². The maximum absolute atomic E-state index is 11.7. The van der Waals surface area contributed by atoms with E-state index in [-0.39, 0.29) is 11.9 Å². The Hall–Kier alpha value is -0.910. The highest BCUT2D eigenvalue weighted by Gasteiger charge is 2.22. The zero-order valence-corrected chi connectivity index (χ0v) is 10.4. The molecule has 0 aliphatic carbocycles. The van der Waals surface area contributed by atoms with E-state index in [0.717, 1.165) is 18.5 Å². The topological polar surface area (TPSA) is 55.4 Å². The highest BCUT2D eigenvalue weighted by Crippen LogP contribution is 2.10. The van der Waals surface area contributed by atoms with Crippen LogP contribution in [0.3, 0.4) is 0 Å². The zero-order chi connectivity index (χ0) is 12.1. The Morgan fingerprint density at radius 3 is 2.71 bits per heavy atom. The van der Waals surface area contributed by atoms with Crippen molar-refractivity contribution in [1.29, 1.82) is 0 Å². The second-order valence-electron chi connectivity index (χ2n) is 4.21. The molecule has 1 N–H and O–H groups in total. The fourth-order valence-electron chi connectivity index (χ4n) is 1.85. The van der Waals surface area contributed by atoms with Crippen LogP contribution in [0.1, 0.15) is 12.0 Å². The van der Waals surface area contributed by atoms with Crippen LogP contribution in [0.2, 0.25) is 0 Å². The Labute approximate surface area is 102 Å². The third-order valence-corrected chi connectivity index (χ3v) is 4.05. The average molecular weight is 255 g/mol. The molecule has 0 unspecified atom stereocenters. The molecule has 1 atom stereocenters. The summed E-state index contributed by atoms with van der Waals surface area (Å²) in [4.78, 5) is 0. The Balaban J connectivity index is 1.85. The second kappa shape index (κ2) is 5.62. The van der Waals surface area contributed by atoms with Crippen LogP contribution in [-0.2, 0) is 20.7 Å². The zero-order valence-electron chi connectivity index (χ0n) is 9.63. The van der Waals surface area contributed by atoms with Gasteiger partial charge in [-0.25, -0.2) is 0 Å². The van der Waals surface area contributed by atoms with Crippen molar-refractivity contribution in [3.05, 3.63) is 35.9 Å². The van der Waals surface area contributed by atoms with Crippen molar-refractivity contribution in [2.45, 2.75) is 18.9 Å². The lowest BCUT2D eigenvalue weighted by Crippen LogP contribution is -2.23. The number of aryl methyl sites for hydroxylation is 1. The molecule has 0 amide bonds. The van der Waals surface area contributed by atoms with E-state index in [2.05, 4.69) is 5.32 Å². The predicted molar refractivity (Wildman–Crippen MR) is 66.3 cm³/mol. The molecule has 1 heterocycles. The van der Waals surface area contributed by atoms with Crippen LogP contribution in [0.15, 0.2) is 30.3 Å². The van der Waals surface area contributed by atoms with Gasteiger partial charge in [0.25, 0.3) is 10.1 Å². The molecular formula is C12H17NO3S. The molecule has 1 fully saturated rings. The number of benzene rings is 1. The molecule has 17 heavy (non-hydrogen) atoms. The summed E-state index contributed by atoms with van der Waals surface area (Å²) in [6.07, 6.45) is 1.09. The average Bonchev–Trinajstić information content (AvgIpc) is 2.80. The summed E-state index contributed by atoms with van der Waals surface area (Å²) in [5.41, 5.74) is 1.02. The van der Waals surface area contributed by atoms with Crippen molar-refractivity contribution in [2.75, 3.05) is 18.8 Å². The van der Waals surface area contributed by atoms with Gasteiger partial charge >= 0.3 is 0 Å². The molecule has 0 saturated carbocycles. The van der Waals surface area contributed by atoms with Crippen LogP contribution in [0.4, 0.5) is 0 Å². The van der Waals surface area contributed by atoms with E-state index in [1.54, 1.807) is 0 Å². The number of nitrogens with one attached hydrogen (secondary N) is 1. The number of rotatable bonds is 5. The maximum atomic E-state index is 11.7. The van der Waals surface area contributed by atoms with Crippen LogP contribution in [0.5, 0.6) is 0 Å². The molecule has 1 aromatic carbocycles. The predicted octanol–water partition coefficient (Wildman–Crippen LogP) is 0.937. The van der Waals surface area contributed by atoms with Gasteiger partial charge in [-0.2, -0.15) is 8.42 Å². The normalized spacial score (nSPS) is 20.6. The SMILES string of the molecule is O=S(=O)(CCc1ccccc1)O[C@@H]1CCNC1. The van der Waals surface area contributed by atoms with Crippen molar-refractivity contribution >= 4 is 10.1 Å². The lowest BCUT2D eigenvalue weighted by molar-refractivity contribution is 0.230. The van der Waals surface area contributed by atoms with Gasteiger partial charge in [-0.05, 0) is 24.9 Å². The van der Waals surface area contributed by atoms with Gasteiger partial charge in [-0.1, -0.05) is 30.3 Å². The van der Waals surface area contributed by atoms with E-state index < -0.39 is 10.1 Å². The Morgan fingerprint density at radius 2 is 2.06 bits per heavy atom. The minimum atomic E-state index is -3.40. The van der Waals surface area contributed by atoms with Crippen LogP contribution in [-0.4, -0.2) is 33.4 Å². The van der Waals surface area contributed by atoms with Gasteiger partial charge in [0.15, 0.2) is 0 Å². The van der Waals surface area contributed by atoms with Crippen LogP contribution in [0, 0.1) is 0 Å². The Morgan fingerprint density at radius 1 is 1.29 bits per heavy atom. The Kier molecular flexibility index (Phi) is 4.15. The number of hydrogen-bond acceptors (Lipinski definition) is 4. The fourth-order valence-corrected chi connectivity index (χ4v) is 3.01. The molecule has 1 saturated heterocycles. The van der Waals surface area contributed by atoms with Gasteiger partial charge in [0, 0.05) is 6.54 Å². The molecule has 2 rings (SSSR count). The molecule has 4 nitrogen and oxygen atoms in total. The van der Waals surface area contributed by atoms with Crippen LogP contribution >= 0.6 is 0 Å². The first-order valence-corrected chi connectivity index (χ1v) is 7.39. The maximum Gasteiger partial charge on any atom is 0.267 e. The summed E-state index contributed by atoms with van der Waals surface area (Å²) < 4.78 is 28.5. The lowest BCUT2D eigenvalue weighted by Gasteiger charge is -2.10. The lowest BCUT2D eigenvalue weighted by atomic mass is 10.2. The second-order valence-corrected chi connectivity index (χ2v) is 5.92. The molecule has 1 aliphatic rings. The van der Waals surface area contributed by atoms with Gasteiger partial charge < -0.3 is 5.32 Å². The first kappa shape index (κ1) is 12.5. The molecular weight excluding hydrogens is 238 g/mol. The van der Waals surface area contributed by atoms with Crippen molar-refractivity contribution in [3.8, 4) is 0 Å². The van der Waals surface area contributed by atoms with Crippen LogP contribution < -0.4 is 5.32 Å². The largest absolute Gasteiger partial charge is 0.314 e. The highest BCUT2D eigenvalue weighted by atomic mass is 32.2. The first-order valence-electron chi connectivity index (χ1n) is 5.81. The standard InChI is InChI=1S/C12H17NO3S/c14-17(15,16-12-6-8-13-10-12)9-7-11-4-2-1-3-5-11/h1-5,12-13H,6-10H2/t12-/m1/s1. The Bertz CT molecular complexity index is 438. The van der Waals surface area contributed by atoms with Gasteiger partial charge in [0.1, 0.15) is 0 Å². The minimum Gasteiger partial charge on any atom is -0.314 e. The van der Waals surface area contributed by atoms with Crippen molar-refractivity contribution in [1.82, 2.24) is 5.32 Å². The van der Waals surface area contributed by atoms with Gasteiger partial charge in [-0.3, -0.25) is 4.18 Å². The van der Waals surface area contributed by atoms with Crippen molar-refractivity contribution < 1.29 is 12.6 Å². The molecule has 0 bridgehead atoms. The van der Waals surface area contributed by atoms with Gasteiger partial charge in [0.05, 0.1) is 11.9 Å². The molecule has 0 spiro atoms. The van der Waals surface area contributed by atoms with E-state index in [9.17, 15) is 8.42 Å². The van der Waals surface area contributed by atoms with E-state index in [0.29, 0.717) is 13.0 Å². The summed E-state index contributed by atoms with van der Waals surface area (Å²) in [7, 11) is -3.40. The molecule has 5 heteroatoms. The summed E-state index contributed by atoms with van der Waals surface area (Å²) in [5.74, 6) is 0.0491. The molecule has 1 aromatic rings. The smallest absolute Gasteiger partial charge is 0.267 e. The molecule has 1 aliphatic heterocycles. The summed E-state index contributed by atoms with van der Waals surface area (Å²) in [6, 6.07) is 9.57. The molecule has 0 radical (unpaired) electrons. The monoisotopic (exact) mass is 255 g/mol. The third kappa shape index (κ3) is 4.11. The van der Waals surface area contributed by atoms with E-state index in [1.807, 2.05) is 30.3 Å². The van der Waals surface area contributed by atoms with E-state index >= 15 is 0 Å². The van der Waals surface area contributed by atoms with E-state index in [1.165, 1.54) is 0 Å². The molecule has 0 aromatic heterocycles. The van der Waals surface area contributed by atoms with Gasteiger partial charge in [-0.15, -0.1) is 0 Å². The summed E-state index contributed by atoms with van der Waals surface area (Å²) in [6.45, 7) is 1.46. The quantitative estimate of drug-likeness (QED) is 0.796. The fraction of sp³-hybridized carbons (Fsp3) is 0.500. The number of hydrogen-bond donors (Lipinski definition) is 1. The summed E-state index contributed by atoms with van der Waals surface area (Å²) in [5, 5.41) is 3.08. The van der Waals surface area contributed by atoms with E-state index in [4.69, 9.17) is 4.18 Å². The van der Waals surface area contributed by atoms with Crippen molar-refractivity contribution in [3.63, 3.8) is 0 Å². The van der Waals surface area contributed by atoms with Crippen LogP contribution in [0.25, 0.3) is 0 Å². The summed E-state index contributed by atoms with van der Waals surface area (Å²) >= 11 is 0. The van der Waals surface area contributed by atoms with Gasteiger partial charge in [0.2, 0.25) is 0 Å². The first-order chi connectivity index (χ1) is 8.16.